The molecular weight excluding hydrogens is 429 g/mol. The number of guanidine groups is 1. The Morgan fingerprint density at radius 2 is 2.00 bits per heavy atom. The van der Waals surface area contributed by atoms with E-state index >= 15 is 0 Å². The lowest BCUT2D eigenvalue weighted by Crippen LogP contribution is -2.72. The molecule has 3 unspecified atom stereocenters. The maximum Gasteiger partial charge on any atom is 0.194 e. The molecule has 0 radical (unpaired) electrons. The third kappa shape index (κ3) is 3.43. The number of likely N-dealkylation sites (tertiary alicyclic amines) is 1. The van der Waals surface area contributed by atoms with Crippen LogP contribution in [-0.4, -0.2) is 62.0 Å². The predicted molar refractivity (Wildman–Crippen MR) is 111 cm³/mol. The zero-order valence-electron chi connectivity index (χ0n) is 15.7. The quantitative estimate of drug-likeness (QED) is 0.396. The van der Waals surface area contributed by atoms with Gasteiger partial charge in [-0.05, 0) is 46.0 Å². The van der Waals surface area contributed by atoms with E-state index in [2.05, 4.69) is 24.1 Å². The van der Waals surface area contributed by atoms with E-state index in [4.69, 9.17) is 14.5 Å². The van der Waals surface area contributed by atoms with Crippen LogP contribution in [0.1, 0.15) is 52.4 Å². The van der Waals surface area contributed by atoms with Crippen molar-refractivity contribution in [1.29, 1.82) is 0 Å². The number of ether oxygens (including phenoxy) is 2. The van der Waals surface area contributed by atoms with Crippen LogP contribution in [0, 0.1) is 11.3 Å². The molecule has 25 heavy (non-hydrogen) atoms. The van der Waals surface area contributed by atoms with Gasteiger partial charge in [0, 0.05) is 50.2 Å². The van der Waals surface area contributed by atoms with Crippen molar-refractivity contribution in [3.05, 3.63) is 0 Å². The molecule has 4 fully saturated rings. The largest absolute Gasteiger partial charge is 0.378 e. The van der Waals surface area contributed by atoms with E-state index in [0.717, 1.165) is 51.6 Å². The monoisotopic (exact) mass is 463 g/mol. The zero-order valence-corrected chi connectivity index (χ0v) is 18.0. The summed E-state index contributed by atoms with van der Waals surface area (Å²) in [5.74, 6) is 1.84. The molecule has 2 aliphatic heterocycles. The molecule has 2 saturated heterocycles. The molecule has 2 heterocycles. The number of piperidine rings is 1. The van der Waals surface area contributed by atoms with E-state index in [-0.39, 0.29) is 24.0 Å². The van der Waals surface area contributed by atoms with Gasteiger partial charge in [0.05, 0.1) is 12.2 Å². The summed E-state index contributed by atoms with van der Waals surface area (Å²) in [6.45, 7) is 8.96. The van der Waals surface area contributed by atoms with E-state index in [1.54, 1.807) is 0 Å². The van der Waals surface area contributed by atoms with Crippen LogP contribution in [0.5, 0.6) is 0 Å². The van der Waals surface area contributed by atoms with E-state index in [0.29, 0.717) is 29.6 Å². The molecule has 1 spiro atoms. The highest BCUT2D eigenvalue weighted by Gasteiger charge is 2.66. The van der Waals surface area contributed by atoms with Crippen LogP contribution in [0.25, 0.3) is 0 Å². The van der Waals surface area contributed by atoms with Crippen molar-refractivity contribution in [2.45, 2.75) is 70.6 Å². The van der Waals surface area contributed by atoms with Crippen molar-refractivity contribution in [3.8, 4) is 0 Å². The Morgan fingerprint density at radius 3 is 2.60 bits per heavy atom. The van der Waals surface area contributed by atoms with Crippen molar-refractivity contribution in [3.63, 3.8) is 0 Å². The van der Waals surface area contributed by atoms with Gasteiger partial charge in [-0.3, -0.25) is 4.99 Å². The Kier molecular flexibility index (Phi) is 6.53. The summed E-state index contributed by atoms with van der Waals surface area (Å²) in [7, 11) is 0. The fourth-order valence-electron chi connectivity index (χ4n) is 5.45. The van der Waals surface area contributed by atoms with Gasteiger partial charge in [0.25, 0.3) is 0 Å². The Balaban J connectivity index is 0.00000182. The first-order valence-corrected chi connectivity index (χ1v) is 10.1. The predicted octanol–water partition coefficient (Wildman–Crippen LogP) is 3.03. The summed E-state index contributed by atoms with van der Waals surface area (Å²) in [5.41, 5.74) is 0.416. The topological polar surface area (TPSA) is 46.1 Å². The van der Waals surface area contributed by atoms with Gasteiger partial charge in [-0.25, -0.2) is 0 Å². The van der Waals surface area contributed by atoms with Gasteiger partial charge < -0.3 is 19.7 Å². The first-order chi connectivity index (χ1) is 11.8. The molecule has 6 heteroatoms. The second kappa shape index (κ2) is 8.30. The van der Waals surface area contributed by atoms with Gasteiger partial charge in [0.15, 0.2) is 5.96 Å². The molecule has 144 valence electrons. The molecule has 2 aliphatic carbocycles. The third-order valence-electron chi connectivity index (χ3n) is 6.77. The zero-order chi connectivity index (χ0) is 16.6. The highest BCUT2D eigenvalue weighted by molar-refractivity contribution is 14.0. The highest BCUT2D eigenvalue weighted by Crippen LogP contribution is 2.62. The molecule has 0 aromatic rings. The van der Waals surface area contributed by atoms with Gasteiger partial charge in [-0.15, -0.1) is 24.0 Å². The normalized spacial score (nSPS) is 34.1. The first-order valence-electron chi connectivity index (χ1n) is 10.1. The maximum atomic E-state index is 6.06. The van der Waals surface area contributed by atoms with Crippen LogP contribution in [0.2, 0.25) is 0 Å². The van der Waals surface area contributed by atoms with E-state index < -0.39 is 0 Å². The van der Waals surface area contributed by atoms with Gasteiger partial charge in [0.2, 0.25) is 0 Å². The summed E-state index contributed by atoms with van der Waals surface area (Å²) in [4.78, 5) is 7.28. The number of nitrogens with one attached hydrogen (secondary N) is 1. The minimum absolute atomic E-state index is 0. The SMILES string of the molecule is CCN=C(NC1C2CCOC2C12CCC2)N1CCC(OCC)CC1.I. The summed E-state index contributed by atoms with van der Waals surface area (Å²) in [5, 5.41) is 3.89. The van der Waals surface area contributed by atoms with Gasteiger partial charge in [0.1, 0.15) is 0 Å². The Labute approximate surface area is 169 Å². The molecule has 4 aliphatic rings. The number of aliphatic imine (C=N–C) groups is 1. The van der Waals surface area contributed by atoms with Crippen molar-refractivity contribution in [2.75, 3.05) is 32.8 Å². The molecule has 0 aromatic carbocycles. The molecule has 1 N–H and O–H groups in total. The number of nitrogens with zero attached hydrogens (tertiary/aromatic N) is 2. The fourth-order valence-corrected chi connectivity index (χ4v) is 5.45. The van der Waals surface area contributed by atoms with Crippen LogP contribution in [0.4, 0.5) is 0 Å². The molecule has 0 amide bonds. The van der Waals surface area contributed by atoms with Crippen molar-refractivity contribution >= 4 is 29.9 Å². The molecule has 5 nitrogen and oxygen atoms in total. The molecule has 3 atom stereocenters. The van der Waals surface area contributed by atoms with E-state index in [1.807, 2.05) is 0 Å². The minimum Gasteiger partial charge on any atom is -0.378 e. The van der Waals surface area contributed by atoms with E-state index in [9.17, 15) is 0 Å². The average Bonchev–Trinajstić information content (AvgIpc) is 2.96. The van der Waals surface area contributed by atoms with Gasteiger partial charge in [-0.2, -0.15) is 0 Å². The van der Waals surface area contributed by atoms with Crippen molar-refractivity contribution in [1.82, 2.24) is 10.2 Å². The number of hydrogen-bond acceptors (Lipinski definition) is 3. The van der Waals surface area contributed by atoms with Crippen LogP contribution >= 0.6 is 24.0 Å². The smallest absolute Gasteiger partial charge is 0.194 e. The van der Waals surface area contributed by atoms with Crippen LogP contribution in [-0.2, 0) is 9.47 Å². The van der Waals surface area contributed by atoms with Crippen LogP contribution in [0.3, 0.4) is 0 Å². The maximum absolute atomic E-state index is 6.06. The summed E-state index contributed by atoms with van der Waals surface area (Å²) in [6.07, 6.45) is 8.43. The number of halogens is 1. The number of rotatable bonds is 4. The van der Waals surface area contributed by atoms with E-state index in [1.165, 1.54) is 25.7 Å². The lowest BCUT2D eigenvalue weighted by Gasteiger charge is -2.63. The number of fused-ring (bicyclic) bond motifs is 2. The Morgan fingerprint density at radius 1 is 1.24 bits per heavy atom. The molecular formula is C19H34IN3O2. The van der Waals surface area contributed by atoms with Gasteiger partial charge in [-0.1, -0.05) is 6.42 Å². The Hall–Kier alpha value is -0.0800. The summed E-state index contributed by atoms with van der Waals surface area (Å²) < 4.78 is 11.9. The standard InChI is InChI=1S/C19H33N3O2.HI/c1-3-20-18(22-11-6-14(7-12-22)23-4-2)21-16-15-8-13-24-17(15)19(16)9-5-10-19;/h14-17H,3-13H2,1-2H3,(H,20,21);1H. The lowest BCUT2D eigenvalue weighted by atomic mass is 9.46. The molecule has 0 aromatic heterocycles. The second-order valence-corrected chi connectivity index (χ2v) is 7.89. The van der Waals surface area contributed by atoms with Crippen LogP contribution < -0.4 is 5.32 Å². The Bertz CT molecular complexity index is 475. The number of hydrogen-bond donors (Lipinski definition) is 1. The second-order valence-electron chi connectivity index (χ2n) is 7.89. The van der Waals surface area contributed by atoms with Crippen molar-refractivity contribution < 1.29 is 9.47 Å². The van der Waals surface area contributed by atoms with Crippen molar-refractivity contribution in [2.24, 2.45) is 16.3 Å². The molecule has 2 saturated carbocycles. The third-order valence-corrected chi connectivity index (χ3v) is 6.77. The lowest BCUT2D eigenvalue weighted by molar-refractivity contribution is -0.171. The molecule has 4 rings (SSSR count). The average molecular weight is 463 g/mol. The van der Waals surface area contributed by atoms with Gasteiger partial charge >= 0.3 is 0 Å². The summed E-state index contributed by atoms with van der Waals surface area (Å²) in [6, 6.07) is 0.577. The minimum atomic E-state index is 0. The first kappa shape index (κ1) is 19.7. The summed E-state index contributed by atoms with van der Waals surface area (Å²) >= 11 is 0. The highest BCUT2D eigenvalue weighted by atomic mass is 127. The fraction of sp³-hybridized carbons (Fsp3) is 0.947. The molecule has 0 bridgehead atoms. The van der Waals surface area contributed by atoms with Crippen LogP contribution in [0.15, 0.2) is 4.99 Å².